The van der Waals surface area contributed by atoms with Crippen molar-refractivity contribution in [2.45, 2.75) is 41.0 Å². The fraction of sp³-hybridized carbons (Fsp3) is 0.700. The van der Waals surface area contributed by atoms with Crippen LogP contribution in [0.3, 0.4) is 0 Å². The van der Waals surface area contributed by atoms with Crippen LogP contribution >= 0.6 is 0 Å². The Labute approximate surface area is 76.6 Å². The summed E-state index contributed by atoms with van der Waals surface area (Å²) < 4.78 is 1.82. The Kier molecular flexibility index (Phi) is 11.7. The van der Waals surface area contributed by atoms with E-state index in [9.17, 15) is 0 Å². The van der Waals surface area contributed by atoms with E-state index in [1.807, 2.05) is 51.7 Å². The second-order valence-corrected chi connectivity index (χ2v) is 1.83. The lowest BCUT2D eigenvalue weighted by atomic mass is 10.4. The number of nitrogens with zero attached hydrogens (tertiary/aromatic N) is 2. The highest BCUT2D eigenvalue weighted by Gasteiger charge is 1.88. The van der Waals surface area contributed by atoms with E-state index in [0.29, 0.717) is 0 Å². The summed E-state index contributed by atoms with van der Waals surface area (Å²) in [7, 11) is 1.93. The molecule has 1 rings (SSSR count). The van der Waals surface area contributed by atoms with Crippen molar-refractivity contribution in [3.63, 3.8) is 0 Å². The molecule has 0 aliphatic rings. The van der Waals surface area contributed by atoms with Gasteiger partial charge in [-0.15, -0.1) is 0 Å². The molecule has 1 aromatic rings. The molecule has 0 N–H and O–H groups in total. The molecule has 0 bridgehead atoms. The van der Waals surface area contributed by atoms with Crippen molar-refractivity contribution in [2.75, 3.05) is 0 Å². The minimum Gasteiger partial charge on any atom is -0.276 e. The summed E-state index contributed by atoms with van der Waals surface area (Å²) in [4.78, 5) is 0. The van der Waals surface area contributed by atoms with Crippen LogP contribution in [-0.4, -0.2) is 9.78 Å². The van der Waals surface area contributed by atoms with E-state index in [1.165, 1.54) is 0 Å². The smallest absolute Gasteiger partial charge is 0.0621 e. The van der Waals surface area contributed by atoms with Gasteiger partial charge in [0.2, 0.25) is 0 Å². The van der Waals surface area contributed by atoms with E-state index in [4.69, 9.17) is 0 Å². The number of rotatable bonds is 1. The molecule has 12 heavy (non-hydrogen) atoms. The molecular weight excluding hydrogens is 148 g/mol. The molecular formula is C10H22N2. The molecule has 1 aromatic heterocycles. The maximum Gasteiger partial charge on any atom is 0.0621 e. The first-order valence-corrected chi connectivity index (χ1v) is 4.81. The van der Waals surface area contributed by atoms with Crippen molar-refractivity contribution in [1.29, 1.82) is 0 Å². The molecule has 0 unspecified atom stereocenters. The Bertz CT molecular complexity index is 168. The maximum absolute atomic E-state index is 4.15. The van der Waals surface area contributed by atoms with Crippen molar-refractivity contribution in [3.8, 4) is 0 Å². The minimum absolute atomic E-state index is 1.03. The van der Waals surface area contributed by atoms with Gasteiger partial charge in [0.15, 0.2) is 0 Å². The number of aryl methyl sites for hydroxylation is 2. The highest BCUT2D eigenvalue weighted by Crippen LogP contribution is 1.92. The van der Waals surface area contributed by atoms with E-state index >= 15 is 0 Å². The van der Waals surface area contributed by atoms with E-state index < -0.39 is 0 Å². The zero-order chi connectivity index (χ0) is 9.98. The van der Waals surface area contributed by atoms with Crippen LogP contribution in [0.15, 0.2) is 12.3 Å². The van der Waals surface area contributed by atoms with Gasteiger partial charge in [0, 0.05) is 13.2 Å². The average molecular weight is 170 g/mol. The van der Waals surface area contributed by atoms with E-state index in [-0.39, 0.29) is 0 Å². The number of hydrogen-bond donors (Lipinski definition) is 0. The molecule has 2 nitrogen and oxygen atoms in total. The first kappa shape index (κ1) is 13.8. The lowest BCUT2D eigenvalue weighted by molar-refractivity contribution is 0.746. The molecule has 0 saturated carbocycles. The van der Waals surface area contributed by atoms with Crippen molar-refractivity contribution >= 4 is 0 Å². The summed E-state index contributed by atoms with van der Waals surface area (Å²) in [6.45, 7) is 10.1. The maximum atomic E-state index is 4.15. The molecule has 0 aromatic carbocycles. The van der Waals surface area contributed by atoms with Gasteiger partial charge in [0.05, 0.1) is 5.69 Å². The van der Waals surface area contributed by atoms with Crippen LogP contribution in [0.25, 0.3) is 0 Å². The van der Waals surface area contributed by atoms with Crippen LogP contribution in [0, 0.1) is 0 Å². The SMILES string of the molecule is CC.CC.CCc1ccn(C)n1. The standard InChI is InChI=1S/C6H10N2.2C2H6/c1-3-6-4-5-8(2)7-6;2*1-2/h4-5H,3H2,1-2H3;2*1-2H3. The molecule has 1 heterocycles. The Hall–Kier alpha value is -0.790. The molecule has 2 heteroatoms. The molecule has 0 radical (unpaired) electrons. The van der Waals surface area contributed by atoms with Gasteiger partial charge >= 0.3 is 0 Å². The fourth-order valence-corrected chi connectivity index (χ4v) is 0.652. The van der Waals surface area contributed by atoms with Gasteiger partial charge in [-0.1, -0.05) is 34.6 Å². The Morgan fingerprint density at radius 1 is 1.25 bits per heavy atom. The van der Waals surface area contributed by atoms with Crippen molar-refractivity contribution in [2.24, 2.45) is 7.05 Å². The van der Waals surface area contributed by atoms with Gasteiger partial charge in [0.25, 0.3) is 0 Å². The van der Waals surface area contributed by atoms with Crippen LogP contribution in [-0.2, 0) is 13.5 Å². The van der Waals surface area contributed by atoms with E-state index in [0.717, 1.165) is 12.1 Å². The van der Waals surface area contributed by atoms with Crippen molar-refractivity contribution in [3.05, 3.63) is 18.0 Å². The number of aromatic nitrogens is 2. The Balaban J connectivity index is 0. The number of hydrogen-bond acceptors (Lipinski definition) is 1. The van der Waals surface area contributed by atoms with E-state index in [2.05, 4.69) is 12.0 Å². The van der Waals surface area contributed by atoms with E-state index in [1.54, 1.807) is 0 Å². The fourth-order valence-electron chi connectivity index (χ4n) is 0.652. The van der Waals surface area contributed by atoms with Crippen LogP contribution in [0.4, 0.5) is 0 Å². The Morgan fingerprint density at radius 3 is 1.92 bits per heavy atom. The largest absolute Gasteiger partial charge is 0.276 e. The summed E-state index contributed by atoms with van der Waals surface area (Å²) in [5.74, 6) is 0. The summed E-state index contributed by atoms with van der Waals surface area (Å²) >= 11 is 0. The second-order valence-electron chi connectivity index (χ2n) is 1.83. The lowest BCUT2D eigenvalue weighted by Crippen LogP contribution is -1.88. The van der Waals surface area contributed by atoms with Gasteiger partial charge in [-0.3, -0.25) is 4.68 Å². The average Bonchev–Trinajstić information content (AvgIpc) is 2.58. The summed E-state index contributed by atoms with van der Waals surface area (Å²) in [5, 5.41) is 4.15. The molecule has 0 amide bonds. The van der Waals surface area contributed by atoms with Gasteiger partial charge < -0.3 is 0 Å². The van der Waals surface area contributed by atoms with Crippen LogP contribution < -0.4 is 0 Å². The van der Waals surface area contributed by atoms with Crippen LogP contribution in [0.5, 0.6) is 0 Å². The van der Waals surface area contributed by atoms with Gasteiger partial charge in [-0.25, -0.2) is 0 Å². The minimum atomic E-state index is 1.03. The zero-order valence-electron chi connectivity index (χ0n) is 9.26. The predicted molar refractivity (Wildman–Crippen MR) is 55.3 cm³/mol. The normalized spacial score (nSPS) is 7.50. The third-order valence-corrected chi connectivity index (χ3v) is 1.13. The van der Waals surface area contributed by atoms with Crippen LogP contribution in [0.1, 0.15) is 40.3 Å². The quantitative estimate of drug-likeness (QED) is 0.633. The lowest BCUT2D eigenvalue weighted by Gasteiger charge is -1.83. The first-order chi connectivity index (χ1) is 5.83. The second kappa shape index (κ2) is 10.2. The van der Waals surface area contributed by atoms with Gasteiger partial charge in [-0.2, -0.15) is 5.10 Å². The zero-order valence-corrected chi connectivity index (χ0v) is 9.26. The van der Waals surface area contributed by atoms with Crippen LogP contribution in [0.2, 0.25) is 0 Å². The topological polar surface area (TPSA) is 17.8 Å². The van der Waals surface area contributed by atoms with Gasteiger partial charge in [-0.05, 0) is 12.5 Å². The highest BCUT2D eigenvalue weighted by atomic mass is 15.2. The monoisotopic (exact) mass is 170 g/mol. The molecule has 0 fully saturated rings. The molecule has 0 atom stereocenters. The predicted octanol–water partition coefficient (Wildman–Crippen LogP) is 3.03. The summed E-state index contributed by atoms with van der Waals surface area (Å²) in [5.41, 5.74) is 1.16. The third kappa shape index (κ3) is 5.96. The molecule has 0 saturated heterocycles. The molecule has 72 valence electrons. The highest BCUT2D eigenvalue weighted by molar-refractivity contribution is 4.97. The molecule has 0 spiro atoms. The Morgan fingerprint density at radius 2 is 1.75 bits per heavy atom. The third-order valence-electron chi connectivity index (χ3n) is 1.13. The van der Waals surface area contributed by atoms with Crippen molar-refractivity contribution in [1.82, 2.24) is 9.78 Å². The van der Waals surface area contributed by atoms with Gasteiger partial charge in [0.1, 0.15) is 0 Å². The molecule has 0 aliphatic carbocycles. The molecule has 0 aliphatic heterocycles. The summed E-state index contributed by atoms with van der Waals surface area (Å²) in [6, 6.07) is 2.03. The first-order valence-electron chi connectivity index (χ1n) is 4.81. The van der Waals surface area contributed by atoms with Crippen molar-refractivity contribution < 1.29 is 0 Å². The summed E-state index contributed by atoms with van der Waals surface area (Å²) in [6.07, 6.45) is 2.99.